The van der Waals surface area contributed by atoms with E-state index in [0.29, 0.717) is 0 Å². The van der Waals surface area contributed by atoms with Crippen LogP contribution in [0.15, 0.2) is 23.2 Å². The Labute approximate surface area is 80.5 Å². The van der Waals surface area contributed by atoms with Crippen molar-refractivity contribution in [3.63, 3.8) is 0 Å². The number of aliphatic imine (C=N–C) groups is 1. The maximum Gasteiger partial charge on any atom is 0.0276 e. The minimum absolute atomic E-state index is 0.970. The highest BCUT2D eigenvalue weighted by Gasteiger charge is 1.97. The SMILES string of the molecule is CN=C(C)Cc1ccc(C)c(C)c1. The van der Waals surface area contributed by atoms with Crippen LogP contribution in [-0.4, -0.2) is 12.8 Å². The quantitative estimate of drug-likeness (QED) is 0.613. The lowest BCUT2D eigenvalue weighted by atomic mass is 10.0. The molecule has 1 rings (SSSR count). The molecule has 1 aromatic carbocycles. The largest absolute Gasteiger partial charge is 0.297 e. The summed E-state index contributed by atoms with van der Waals surface area (Å²) in [6.07, 6.45) is 0.970. The standard InChI is InChI=1S/C12H17N/c1-9-5-6-12(7-10(9)2)8-11(3)13-4/h5-7H,8H2,1-4H3. The summed E-state index contributed by atoms with van der Waals surface area (Å²) in [5.74, 6) is 0. The lowest BCUT2D eigenvalue weighted by molar-refractivity contribution is 1.23. The number of hydrogen-bond acceptors (Lipinski definition) is 1. The summed E-state index contributed by atoms with van der Waals surface area (Å²) in [5.41, 5.74) is 5.26. The van der Waals surface area contributed by atoms with E-state index in [9.17, 15) is 0 Å². The summed E-state index contributed by atoms with van der Waals surface area (Å²) in [6, 6.07) is 6.59. The zero-order valence-corrected chi connectivity index (χ0v) is 8.89. The molecule has 0 radical (unpaired) electrons. The second kappa shape index (κ2) is 4.22. The second-order valence-corrected chi connectivity index (χ2v) is 3.55. The van der Waals surface area contributed by atoms with E-state index in [4.69, 9.17) is 0 Å². The van der Waals surface area contributed by atoms with Crippen LogP contribution in [0.1, 0.15) is 23.6 Å². The Bertz CT molecular complexity index is 324. The maximum absolute atomic E-state index is 4.15. The van der Waals surface area contributed by atoms with Gasteiger partial charge in [-0.1, -0.05) is 18.2 Å². The van der Waals surface area contributed by atoms with Crippen molar-refractivity contribution < 1.29 is 0 Å². The molecule has 0 aliphatic carbocycles. The first-order chi connectivity index (χ1) is 6.13. The van der Waals surface area contributed by atoms with Crippen LogP contribution in [0.5, 0.6) is 0 Å². The molecule has 70 valence electrons. The fraction of sp³-hybridized carbons (Fsp3) is 0.417. The smallest absolute Gasteiger partial charge is 0.0276 e. The highest BCUT2D eigenvalue weighted by molar-refractivity contribution is 5.84. The molecule has 0 bridgehead atoms. The molecule has 0 atom stereocenters. The van der Waals surface area contributed by atoms with Crippen LogP contribution >= 0.6 is 0 Å². The molecule has 0 saturated heterocycles. The van der Waals surface area contributed by atoms with Crippen molar-refractivity contribution in [3.05, 3.63) is 34.9 Å². The van der Waals surface area contributed by atoms with Crippen molar-refractivity contribution in [1.29, 1.82) is 0 Å². The van der Waals surface area contributed by atoms with Crippen molar-refractivity contribution in [3.8, 4) is 0 Å². The van der Waals surface area contributed by atoms with Crippen molar-refractivity contribution in [2.45, 2.75) is 27.2 Å². The van der Waals surface area contributed by atoms with Gasteiger partial charge >= 0.3 is 0 Å². The topological polar surface area (TPSA) is 12.4 Å². The molecule has 0 aliphatic rings. The number of nitrogens with zero attached hydrogens (tertiary/aromatic N) is 1. The molecule has 0 fully saturated rings. The molecule has 1 heteroatoms. The number of aryl methyl sites for hydroxylation is 2. The van der Waals surface area contributed by atoms with Crippen LogP contribution in [0.4, 0.5) is 0 Å². The van der Waals surface area contributed by atoms with Gasteiger partial charge in [0.2, 0.25) is 0 Å². The molecule has 1 nitrogen and oxygen atoms in total. The van der Waals surface area contributed by atoms with Crippen molar-refractivity contribution in [1.82, 2.24) is 0 Å². The Balaban J connectivity index is 2.86. The third kappa shape index (κ3) is 2.69. The molecule has 0 amide bonds. The Kier molecular flexibility index (Phi) is 3.24. The van der Waals surface area contributed by atoms with Gasteiger partial charge in [-0.2, -0.15) is 0 Å². The Morgan fingerprint density at radius 1 is 1.23 bits per heavy atom. The summed E-state index contributed by atoms with van der Waals surface area (Å²) in [4.78, 5) is 4.15. The first kappa shape index (κ1) is 9.97. The number of benzene rings is 1. The van der Waals surface area contributed by atoms with E-state index in [2.05, 4.69) is 44.0 Å². The van der Waals surface area contributed by atoms with Crippen LogP contribution in [0.25, 0.3) is 0 Å². The summed E-state index contributed by atoms with van der Waals surface area (Å²) in [7, 11) is 1.84. The molecular weight excluding hydrogens is 158 g/mol. The van der Waals surface area contributed by atoms with Gasteiger partial charge in [-0.05, 0) is 37.5 Å². The van der Waals surface area contributed by atoms with Gasteiger partial charge in [0.15, 0.2) is 0 Å². The Morgan fingerprint density at radius 2 is 1.92 bits per heavy atom. The Morgan fingerprint density at radius 3 is 2.46 bits per heavy atom. The third-order valence-corrected chi connectivity index (χ3v) is 2.41. The summed E-state index contributed by atoms with van der Waals surface area (Å²) < 4.78 is 0. The van der Waals surface area contributed by atoms with E-state index in [-0.39, 0.29) is 0 Å². The van der Waals surface area contributed by atoms with Gasteiger partial charge in [0.25, 0.3) is 0 Å². The van der Waals surface area contributed by atoms with Gasteiger partial charge in [-0.25, -0.2) is 0 Å². The molecule has 13 heavy (non-hydrogen) atoms. The number of rotatable bonds is 2. The summed E-state index contributed by atoms with van der Waals surface area (Å²) in [5, 5.41) is 0. The van der Waals surface area contributed by atoms with Crippen LogP contribution < -0.4 is 0 Å². The van der Waals surface area contributed by atoms with Crippen LogP contribution in [-0.2, 0) is 6.42 Å². The summed E-state index contributed by atoms with van der Waals surface area (Å²) in [6.45, 7) is 6.35. The summed E-state index contributed by atoms with van der Waals surface area (Å²) >= 11 is 0. The van der Waals surface area contributed by atoms with Crippen molar-refractivity contribution in [2.24, 2.45) is 4.99 Å². The zero-order valence-electron chi connectivity index (χ0n) is 8.89. The second-order valence-electron chi connectivity index (χ2n) is 3.55. The lowest BCUT2D eigenvalue weighted by Crippen LogP contribution is -1.97. The average molecular weight is 175 g/mol. The fourth-order valence-electron chi connectivity index (χ4n) is 1.29. The van der Waals surface area contributed by atoms with Gasteiger partial charge in [-0.3, -0.25) is 4.99 Å². The highest BCUT2D eigenvalue weighted by atomic mass is 14.7. The van der Waals surface area contributed by atoms with Crippen molar-refractivity contribution >= 4 is 5.71 Å². The van der Waals surface area contributed by atoms with Crippen LogP contribution in [0.2, 0.25) is 0 Å². The van der Waals surface area contributed by atoms with Gasteiger partial charge in [0.05, 0.1) is 0 Å². The molecule has 0 saturated carbocycles. The third-order valence-electron chi connectivity index (χ3n) is 2.41. The average Bonchev–Trinajstić information content (AvgIpc) is 2.11. The zero-order chi connectivity index (χ0) is 9.84. The molecule has 0 N–H and O–H groups in total. The minimum Gasteiger partial charge on any atom is -0.297 e. The normalized spacial score (nSPS) is 11.8. The molecular formula is C12H17N. The molecule has 0 unspecified atom stereocenters. The Hall–Kier alpha value is -1.11. The van der Waals surface area contributed by atoms with Crippen LogP contribution in [0, 0.1) is 13.8 Å². The van der Waals surface area contributed by atoms with Gasteiger partial charge in [-0.15, -0.1) is 0 Å². The molecule has 0 aliphatic heterocycles. The number of hydrogen-bond donors (Lipinski definition) is 0. The van der Waals surface area contributed by atoms with E-state index in [1.807, 2.05) is 7.05 Å². The molecule has 0 aromatic heterocycles. The lowest BCUT2D eigenvalue weighted by Gasteiger charge is -2.04. The highest BCUT2D eigenvalue weighted by Crippen LogP contribution is 2.10. The van der Waals surface area contributed by atoms with E-state index in [0.717, 1.165) is 6.42 Å². The first-order valence-electron chi connectivity index (χ1n) is 4.62. The first-order valence-corrected chi connectivity index (χ1v) is 4.62. The van der Waals surface area contributed by atoms with Gasteiger partial charge in [0, 0.05) is 19.2 Å². The minimum atomic E-state index is 0.970. The molecule has 0 spiro atoms. The van der Waals surface area contributed by atoms with E-state index in [1.54, 1.807) is 0 Å². The van der Waals surface area contributed by atoms with Gasteiger partial charge in [0.1, 0.15) is 0 Å². The maximum atomic E-state index is 4.15. The van der Waals surface area contributed by atoms with Crippen LogP contribution in [0.3, 0.4) is 0 Å². The van der Waals surface area contributed by atoms with E-state index in [1.165, 1.54) is 22.4 Å². The van der Waals surface area contributed by atoms with Gasteiger partial charge < -0.3 is 0 Å². The van der Waals surface area contributed by atoms with Crippen molar-refractivity contribution in [2.75, 3.05) is 7.05 Å². The van der Waals surface area contributed by atoms with E-state index >= 15 is 0 Å². The molecule has 1 aromatic rings. The molecule has 0 heterocycles. The monoisotopic (exact) mass is 175 g/mol. The predicted molar refractivity (Wildman–Crippen MR) is 58.7 cm³/mol. The predicted octanol–water partition coefficient (Wildman–Crippen LogP) is 2.94. The van der Waals surface area contributed by atoms with E-state index < -0.39 is 0 Å². The fourth-order valence-corrected chi connectivity index (χ4v) is 1.29.